The number of halogens is 1. The van der Waals surface area contributed by atoms with Crippen LogP contribution in [0.2, 0.25) is 0 Å². The summed E-state index contributed by atoms with van der Waals surface area (Å²) in [5.41, 5.74) is 1.54. The van der Waals surface area contributed by atoms with Gasteiger partial charge < -0.3 is 10.1 Å². The van der Waals surface area contributed by atoms with Gasteiger partial charge in [0.05, 0.1) is 5.69 Å². The smallest absolute Gasteiger partial charge is 0.227 e. The Morgan fingerprint density at radius 1 is 1.24 bits per heavy atom. The van der Waals surface area contributed by atoms with E-state index in [1.807, 2.05) is 30.3 Å². The van der Waals surface area contributed by atoms with E-state index in [9.17, 15) is 4.79 Å². The molecule has 0 bridgehead atoms. The number of anilines is 2. The third-order valence-corrected chi connectivity index (χ3v) is 2.79. The number of aromatic nitrogens is 2. The highest BCUT2D eigenvalue weighted by Gasteiger charge is 2.08. The van der Waals surface area contributed by atoms with Crippen molar-refractivity contribution in [3.8, 4) is 0 Å². The third-order valence-electron chi connectivity index (χ3n) is 2.11. The lowest BCUT2D eigenvalue weighted by Crippen LogP contribution is -2.01. The van der Waals surface area contributed by atoms with E-state index in [-0.39, 0.29) is 0 Å². The van der Waals surface area contributed by atoms with E-state index < -0.39 is 4.83 Å². The summed E-state index contributed by atoms with van der Waals surface area (Å²) >= 11 is 3.22. The molecule has 0 aliphatic rings. The fourth-order valence-corrected chi connectivity index (χ4v) is 1.56. The van der Waals surface area contributed by atoms with Crippen molar-refractivity contribution in [1.29, 1.82) is 0 Å². The predicted octanol–water partition coefficient (Wildman–Crippen LogP) is 2.86. The summed E-state index contributed by atoms with van der Waals surface area (Å²) in [5, 5.41) is 3.06. The summed E-state index contributed by atoms with van der Waals surface area (Å²) in [6.07, 6.45) is 2.40. The van der Waals surface area contributed by atoms with Crippen molar-refractivity contribution in [2.24, 2.45) is 0 Å². The van der Waals surface area contributed by atoms with E-state index in [2.05, 4.69) is 31.2 Å². The summed E-state index contributed by atoms with van der Waals surface area (Å²) in [7, 11) is 0. The summed E-state index contributed by atoms with van der Waals surface area (Å²) in [4.78, 5) is 18.6. The monoisotopic (exact) mass is 291 g/mol. The molecular weight excluding hydrogens is 282 g/mol. The van der Waals surface area contributed by atoms with Gasteiger partial charge in [0, 0.05) is 11.9 Å². The van der Waals surface area contributed by atoms with Gasteiger partial charge in [-0.1, -0.05) is 34.1 Å². The zero-order valence-electron chi connectivity index (χ0n) is 8.88. The molecule has 1 unspecified atom stereocenters. The maximum Gasteiger partial charge on any atom is 0.227 e. The van der Waals surface area contributed by atoms with Crippen LogP contribution in [0.15, 0.2) is 42.6 Å². The quantitative estimate of drug-likeness (QED) is 0.695. The average Bonchev–Trinajstić information content (AvgIpc) is 2.39. The Hall–Kier alpha value is -1.75. The standard InChI is InChI=1S/C12H10BrN3O/c13-10(8-17)11-6-7-14-12(16-11)15-9-4-2-1-3-5-9/h1-8,10H,(H,14,15,16). The van der Waals surface area contributed by atoms with Gasteiger partial charge in [-0.25, -0.2) is 9.97 Å². The number of carbonyl (C=O) groups is 1. The molecule has 0 aliphatic heterocycles. The summed E-state index contributed by atoms with van der Waals surface area (Å²) in [6, 6.07) is 11.3. The fraction of sp³-hybridized carbons (Fsp3) is 0.0833. The second-order valence-corrected chi connectivity index (χ2v) is 4.32. The molecule has 0 saturated heterocycles. The van der Waals surface area contributed by atoms with E-state index in [4.69, 9.17) is 0 Å². The van der Waals surface area contributed by atoms with Gasteiger partial charge in [0.1, 0.15) is 11.1 Å². The molecule has 0 amide bonds. The normalized spacial score (nSPS) is 11.8. The van der Waals surface area contributed by atoms with E-state index in [0.29, 0.717) is 11.6 Å². The molecule has 0 aliphatic carbocycles. The topological polar surface area (TPSA) is 54.9 Å². The number of nitrogens with zero attached hydrogens (tertiary/aromatic N) is 2. The summed E-state index contributed by atoms with van der Waals surface area (Å²) < 4.78 is 0. The first-order chi connectivity index (χ1) is 8.29. The van der Waals surface area contributed by atoms with Crippen LogP contribution >= 0.6 is 15.9 Å². The molecule has 4 nitrogen and oxygen atoms in total. The minimum Gasteiger partial charge on any atom is -0.324 e. The van der Waals surface area contributed by atoms with Crippen molar-refractivity contribution in [3.63, 3.8) is 0 Å². The lowest BCUT2D eigenvalue weighted by atomic mass is 10.3. The van der Waals surface area contributed by atoms with Crippen molar-refractivity contribution in [3.05, 3.63) is 48.3 Å². The highest BCUT2D eigenvalue weighted by Crippen LogP contribution is 2.19. The van der Waals surface area contributed by atoms with Crippen LogP contribution in [0.3, 0.4) is 0 Å². The zero-order chi connectivity index (χ0) is 12.1. The van der Waals surface area contributed by atoms with Crippen LogP contribution < -0.4 is 5.32 Å². The Balaban J connectivity index is 2.19. The number of para-hydroxylation sites is 1. The molecule has 0 radical (unpaired) electrons. The predicted molar refractivity (Wildman–Crippen MR) is 69.5 cm³/mol. The Bertz CT molecular complexity index is 504. The van der Waals surface area contributed by atoms with Gasteiger partial charge in [-0.3, -0.25) is 0 Å². The van der Waals surface area contributed by atoms with Crippen molar-refractivity contribution in [2.75, 3.05) is 5.32 Å². The van der Waals surface area contributed by atoms with Crippen molar-refractivity contribution >= 4 is 33.9 Å². The molecule has 0 saturated carbocycles. The number of rotatable bonds is 4. The molecule has 1 aromatic heterocycles. The summed E-state index contributed by atoms with van der Waals surface area (Å²) in [5.74, 6) is 0.472. The van der Waals surface area contributed by atoms with Gasteiger partial charge in [0.15, 0.2) is 0 Å². The zero-order valence-corrected chi connectivity index (χ0v) is 10.5. The van der Waals surface area contributed by atoms with E-state index in [1.165, 1.54) is 0 Å². The average molecular weight is 292 g/mol. The Morgan fingerprint density at radius 3 is 2.71 bits per heavy atom. The number of nitrogens with one attached hydrogen (secondary N) is 1. The van der Waals surface area contributed by atoms with Crippen molar-refractivity contribution < 1.29 is 4.79 Å². The molecule has 0 fully saturated rings. The molecule has 2 rings (SSSR count). The first-order valence-electron chi connectivity index (χ1n) is 5.04. The lowest BCUT2D eigenvalue weighted by Gasteiger charge is -2.06. The highest BCUT2D eigenvalue weighted by molar-refractivity contribution is 9.09. The third kappa shape index (κ3) is 3.10. The minimum atomic E-state index is -0.401. The van der Waals surface area contributed by atoms with Crippen LogP contribution in [0.5, 0.6) is 0 Å². The van der Waals surface area contributed by atoms with Gasteiger partial charge >= 0.3 is 0 Å². The van der Waals surface area contributed by atoms with Crippen molar-refractivity contribution in [2.45, 2.75) is 4.83 Å². The molecule has 0 spiro atoms. The molecule has 1 atom stereocenters. The molecule has 1 aromatic carbocycles. The molecule has 2 aromatic rings. The van der Waals surface area contributed by atoms with Crippen LogP contribution in [0.25, 0.3) is 0 Å². The molecule has 5 heteroatoms. The van der Waals surface area contributed by atoms with Gasteiger partial charge in [0.2, 0.25) is 5.95 Å². The van der Waals surface area contributed by atoms with Crippen LogP contribution in [-0.2, 0) is 4.79 Å². The highest BCUT2D eigenvalue weighted by atomic mass is 79.9. The van der Waals surface area contributed by atoms with Crippen LogP contribution in [-0.4, -0.2) is 16.3 Å². The summed E-state index contributed by atoms with van der Waals surface area (Å²) in [6.45, 7) is 0. The number of carbonyl (C=O) groups excluding carboxylic acids is 1. The van der Waals surface area contributed by atoms with E-state index in [0.717, 1.165) is 12.0 Å². The molecule has 86 valence electrons. The maximum absolute atomic E-state index is 10.6. The second-order valence-electron chi connectivity index (χ2n) is 3.33. The van der Waals surface area contributed by atoms with Gasteiger partial charge in [-0.05, 0) is 18.2 Å². The Morgan fingerprint density at radius 2 is 2.00 bits per heavy atom. The van der Waals surface area contributed by atoms with Crippen LogP contribution in [0, 0.1) is 0 Å². The number of hydrogen-bond acceptors (Lipinski definition) is 4. The maximum atomic E-state index is 10.6. The fourth-order valence-electron chi connectivity index (χ4n) is 1.31. The lowest BCUT2D eigenvalue weighted by molar-refractivity contribution is -0.107. The Kier molecular flexibility index (Phi) is 3.82. The van der Waals surface area contributed by atoms with E-state index in [1.54, 1.807) is 12.3 Å². The SMILES string of the molecule is O=CC(Br)c1ccnc(Nc2ccccc2)n1. The molecule has 17 heavy (non-hydrogen) atoms. The van der Waals surface area contributed by atoms with Gasteiger partial charge in [0.25, 0.3) is 0 Å². The first-order valence-corrected chi connectivity index (χ1v) is 5.95. The van der Waals surface area contributed by atoms with Crippen molar-refractivity contribution in [1.82, 2.24) is 9.97 Å². The Labute approximate surface area is 107 Å². The first kappa shape index (κ1) is 11.7. The number of hydrogen-bond donors (Lipinski definition) is 1. The molecule has 1 N–H and O–H groups in total. The van der Waals surface area contributed by atoms with E-state index >= 15 is 0 Å². The second kappa shape index (κ2) is 5.54. The van der Waals surface area contributed by atoms with Crippen LogP contribution in [0.1, 0.15) is 10.5 Å². The molecule has 1 heterocycles. The minimum absolute atomic E-state index is 0.401. The largest absolute Gasteiger partial charge is 0.324 e. The molecular formula is C12H10BrN3O. The number of benzene rings is 1. The number of alkyl halides is 1. The van der Waals surface area contributed by atoms with Gasteiger partial charge in [-0.15, -0.1) is 0 Å². The van der Waals surface area contributed by atoms with Gasteiger partial charge in [-0.2, -0.15) is 0 Å². The number of aldehydes is 1. The van der Waals surface area contributed by atoms with Crippen LogP contribution in [0.4, 0.5) is 11.6 Å².